The summed E-state index contributed by atoms with van der Waals surface area (Å²) in [5.74, 6) is -1.28. The molecule has 2 heterocycles. The van der Waals surface area contributed by atoms with Gasteiger partial charge in [0.25, 0.3) is 6.43 Å². The minimum atomic E-state index is -2.78. The maximum atomic E-state index is 12.5. The van der Waals surface area contributed by atoms with Crippen LogP contribution < -0.4 is 0 Å². The molecule has 2 aromatic rings. The molecular weight excluding hydrogens is 208 g/mol. The molecule has 1 N–H and O–H groups in total. The Morgan fingerprint density at radius 1 is 1.53 bits per heavy atom. The Bertz CT molecular complexity index is 524. The van der Waals surface area contributed by atoms with Crippen molar-refractivity contribution in [2.24, 2.45) is 0 Å². The van der Waals surface area contributed by atoms with Crippen LogP contribution in [0.2, 0.25) is 0 Å². The van der Waals surface area contributed by atoms with E-state index in [-0.39, 0.29) is 11.2 Å². The Morgan fingerprint density at radius 3 is 2.87 bits per heavy atom. The van der Waals surface area contributed by atoms with E-state index in [9.17, 15) is 13.6 Å². The predicted molar refractivity (Wildman–Crippen MR) is 44.9 cm³/mol. The quantitative estimate of drug-likeness (QED) is 0.817. The number of carbonyl (C=O) groups is 1. The smallest absolute Gasteiger partial charge is 0.337 e. The SMILES string of the molecule is O=C(O)c1cc(C(F)F)c2ncnn2c1. The van der Waals surface area contributed by atoms with E-state index in [2.05, 4.69) is 10.1 Å². The molecule has 0 amide bonds. The average molecular weight is 213 g/mol. The molecule has 0 aliphatic heterocycles. The first-order valence-corrected chi connectivity index (χ1v) is 3.94. The van der Waals surface area contributed by atoms with Gasteiger partial charge in [-0.1, -0.05) is 0 Å². The first-order chi connectivity index (χ1) is 7.09. The van der Waals surface area contributed by atoms with Crippen LogP contribution in [0.4, 0.5) is 8.78 Å². The maximum Gasteiger partial charge on any atom is 0.337 e. The molecule has 2 aromatic heterocycles. The highest BCUT2D eigenvalue weighted by molar-refractivity contribution is 5.88. The number of nitrogens with zero attached hydrogens (tertiary/aromatic N) is 3. The zero-order chi connectivity index (χ0) is 11.0. The van der Waals surface area contributed by atoms with Gasteiger partial charge in [-0.2, -0.15) is 5.10 Å². The zero-order valence-corrected chi connectivity index (χ0v) is 7.26. The summed E-state index contributed by atoms with van der Waals surface area (Å²) in [6.07, 6.45) is -0.556. The van der Waals surface area contributed by atoms with Gasteiger partial charge in [0.1, 0.15) is 6.33 Å². The number of hydrogen-bond acceptors (Lipinski definition) is 3. The van der Waals surface area contributed by atoms with Crippen LogP contribution in [0, 0.1) is 0 Å². The van der Waals surface area contributed by atoms with Crippen molar-refractivity contribution < 1.29 is 18.7 Å². The third kappa shape index (κ3) is 1.51. The second kappa shape index (κ2) is 3.26. The van der Waals surface area contributed by atoms with Crippen LogP contribution in [0.3, 0.4) is 0 Å². The molecule has 15 heavy (non-hydrogen) atoms. The van der Waals surface area contributed by atoms with Gasteiger partial charge in [-0.05, 0) is 6.07 Å². The van der Waals surface area contributed by atoms with Gasteiger partial charge in [0.2, 0.25) is 0 Å². The van der Waals surface area contributed by atoms with E-state index in [0.717, 1.165) is 23.1 Å². The minimum Gasteiger partial charge on any atom is -0.478 e. The van der Waals surface area contributed by atoms with Crippen molar-refractivity contribution in [3.05, 3.63) is 29.7 Å². The van der Waals surface area contributed by atoms with Gasteiger partial charge in [0.05, 0.1) is 11.1 Å². The number of hydrogen-bond donors (Lipinski definition) is 1. The van der Waals surface area contributed by atoms with E-state index in [1.807, 2.05) is 0 Å². The second-order valence-corrected chi connectivity index (χ2v) is 2.82. The van der Waals surface area contributed by atoms with Gasteiger partial charge in [-0.3, -0.25) is 0 Å². The number of carboxylic acids is 1. The lowest BCUT2D eigenvalue weighted by Gasteiger charge is -2.03. The van der Waals surface area contributed by atoms with Crippen LogP contribution in [0.25, 0.3) is 5.65 Å². The van der Waals surface area contributed by atoms with Crippen molar-refractivity contribution >= 4 is 11.6 Å². The molecule has 0 bridgehead atoms. The van der Waals surface area contributed by atoms with Gasteiger partial charge in [0.15, 0.2) is 5.65 Å². The summed E-state index contributed by atoms with van der Waals surface area (Å²) in [7, 11) is 0. The maximum absolute atomic E-state index is 12.5. The second-order valence-electron chi connectivity index (χ2n) is 2.82. The third-order valence-corrected chi connectivity index (χ3v) is 1.89. The molecule has 78 valence electrons. The van der Waals surface area contributed by atoms with Crippen LogP contribution in [0.5, 0.6) is 0 Å². The van der Waals surface area contributed by atoms with E-state index in [0.29, 0.717) is 0 Å². The summed E-state index contributed by atoms with van der Waals surface area (Å²) in [6, 6.07) is 0.900. The molecule has 0 aliphatic carbocycles. The van der Waals surface area contributed by atoms with Crippen molar-refractivity contribution in [2.75, 3.05) is 0 Å². The Labute approximate surface area is 82.0 Å². The number of aromatic carboxylic acids is 1. The minimum absolute atomic E-state index is 0.0324. The number of fused-ring (bicyclic) bond motifs is 1. The van der Waals surface area contributed by atoms with E-state index in [1.165, 1.54) is 0 Å². The topological polar surface area (TPSA) is 67.5 Å². The molecule has 0 saturated heterocycles. The van der Waals surface area contributed by atoms with Crippen molar-refractivity contribution in [1.29, 1.82) is 0 Å². The number of pyridine rings is 1. The summed E-state index contributed by atoms with van der Waals surface area (Å²) in [5.41, 5.74) is -0.717. The number of rotatable bonds is 2. The Morgan fingerprint density at radius 2 is 2.27 bits per heavy atom. The largest absolute Gasteiger partial charge is 0.478 e. The molecular formula is C8H5F2N3O2. The zero-order valence-electron chi connectivity index (χ0n) is 7.26. The predicted octanol–water partition coefficient (Wildman–Crippen LogP) is 1.37. The lowest BCUT2D eigenvalue weighted by Crippen LogP contribution is -2.03. The third-order valence-electron chi connectivity index (χ3n) is 1.89. The van der Waals surface area contributed by atoms with Gasteiger partial charge < -0.3 is 5.11 Å². The fraction of sp³-hybridized carbons (Fsp3) is 0.125. The lowest BCUT2D eigenvalue weighted by molar-refractivity contribution is 0.0695. The summed E-state index contributed by atoms with van der Waals surface area (Å²) >= 11 is 0. The van der Waals surface area contributed by atoms with E-state index >= 15 is 0 Å². The van der Waals surface area contributed by atoms with Crippen molar-refractivity contribution in [2.45, 2.75) is 6.43 Å². The van der Waals surface area contributed by atoms with Crippen LogP contribution in [-0.4, -0.2) is 25.7 Å². The first kappa shape index (κ1) is 9.50. The van der Waals surface area contributed by atoms with E-state index in [4.69, 9.17) is 5.11 Å². The normalized spacial score (nSPS) is 11.1. The molecule has 0 unspecified atom stereocenters. The summed E-state index contributed by atoms with van der Waals surface area (Å²) in [4.78, 5) is 14.3. The molecule has 0 aromatic carbocycles. The summed E-state index contributed by atoms with van der Waals surface area (Å²) in [6.45, 7) is 0. The van der Waals surface area contributed by atoms with Crippen molar-refractivity contribution in [3.8, 4) is 0 Å². The van der Waals surface area contributed by atoms with Gasteiger partial charge in [-0.15, -0.1) is 0 Å². The van der Waals surface area contributed by atoms with Gasteiger partial charge in [0, 0.05) is 6.20 Å². The first-order valence-electron chi connectivity index (χ1n) is 3.94. The van der Waals surface area contributed by atoms with E-state index in [1.54, 1.807) is 0 Å². The van der Waals surface area contributed by atoms with Gasteiger partial charge >= 0.3 is 5.97 Å². The highest BCUT2D eigenvalue weighted by Gasteiger charge is 2.17. The molecule has 0 aliphatic rings. The molecule has 0 saturated carbocycles. The monoisotopic (exact) mass is 213 g/mol. The lowest BCUT2D eigenvalue weighted by atomic mass is 10.2. The molecule has 5 nitrogen and oxygen atoms in total. The average Bonchev–Trinajstić information content (AvgIpc) is 2.62. The molecule has 0 fully saturated rings. The highest BCUT2D eigenvalue weighted by Crippen LogP contribution is 2.23. The van der Waals surface area contributed by atoms with Crippen molar-refractivity contribution in [1.82, 2.24) is 14.6 Å². The van der Waals surface area contributed by atoms with Gasteiger partial charge in [-0.25, -0.2) is 23.1 Å². The number of aromatic nitrogens is 3. The highest BCUT2D eigenvalue weighted by atomic mass is 19.3. The Hall–Kier alpha value is -2.05. The summed E-state index contributed by atoms with van der Waals surface area (Å²) < 4.78 is 26.1. The van der Waals surface area contributed by atoms with Crippen molar-refractivity contribution in [3.63, 3.8) is 0 Å². The van der Waals surface area contributed by atoms with Crippen LogP contribution >= 0.6 is 0 Å². The fourth-order valence-corrected chi connectivity index (χ4v) is 1.23. The molecule has 0 atom stereocenters. The Kier molecular flexibility index (Phi) is 2.07. The molecule has 7 heteroatoms. The van der Waals surface area contributed by atoms with Crippen LogP contribution in [0.1, 0.15) is 22.3 Å². The van der Waals surface area contributed by atoms with Crippen LogP contribution in [-0.2, 0) is 0 Å². The number of halogens is 2. The number of carboxylic acid groups (broad SMARTS) is 1. The van der Waals surface area contributed by atoms with E-state index < -0.39 is 18.0 Å². The summed E-state index contributed by atoms with van der Waals surface area (Å²) in [5, 5.41) is 12.3. The standard InChI is InChI=1S/C8H5F2N3O2/c9-6(10)5-1-4(8(14)15)2-13-7(5)11-3-12-13/h1-3,6H,(H,14,15). The molecule has 2 rings (SSSR count). The molecule has 0 spiro atoms. The molecule has 0 radical (unpaired) electrons. The fourth-order valence-electron chi connectivity index (χ4n) is 1.23. The Balaban J connectivity index is 2.74. The number of alkyl halides is 2. The van der Waals surface area contributed by atoms with Crippen LogP contribution in [0.15, 0.2) is 18.6 Å².